The zero-order valence-corrected chi connectivity index (χ0v) is 14.4. The van der Waals surface area contributed by atoms with Crippen molar-refractivity contribution >= 4 is 16.7 Å². The molecular formula is C20H25N3. The largest absolute Gasteiger partial charge is 0.399 e. The van der Waals surface area contributed by atoms with Crippen molar-refractivity contribution in [3.8, 4) is 0 Å². The highest BCUT2D eigenvalue weighted by atomic mass is 15.1. The molecule has 0 spiro atoms. The maximum absolute atomic E-state index is 5.79. The van der Waals surface area contributed by atoms with Gasteiger partial charge in [-0.2, -0.15) is 0 Å². The van der Waals surface area contributed by atoms with Crippen molar-refractivity contribution < 1.29 is 0 Å². The van der Waals surface area contributed by atoms with Gasteiger partial charge in [-0.3, -0.25) is 0 Å². The number of nitrogens with zero attached hydrogens (tertiary/aromatic N) is 2. The van der Waals surface area contributed by atoms with Gasteiger partial charge in [-0.15, -0.1) is 0 Å². The van der Waals surface area contributed by atoms with E-state index in [1.807, 2.05) is 12.1 Å². The van der Waals surface area contributed by atoms with Crippen molar-refractivity contribution in [3.63, 3.8) is 0 Å². The van der Waals surface area contributed by atoms with Crippen LogP contribution in [-0.4, -0.2) is 9.55 Å². The molecule has 0 aliphatic heterocycles. The van der Waals surface area contributed by atoms with E-state index in [-0.39, 0.29) is 0 Å². The van der Waals surface area contributed by atoms with Gasteiger partial charge in [0.05, 0.1) is 11.0 Å². The van der Waals surface area contributed by atoms with Crippen LogP contribution in [0.4, 0.5) is 5.69 Å². The Morgan fingerprint density at radius 2 is 1.70 bits per heavy atom. The fraction of sp³-hybridized carbons (Fsp3) is 0.350. The van der Waals surface area contributed by atoms with Crippen LogP contribution in [0.15, 0.2) is 36.4 Å². The van der Waals surface area contributed by atoms with E-state index < -0.39 is 0 Å². The molecule has 0 aliphatic carbocycles. The molecule has 0 radical (unpaired) electrons. The third kappa shape index (κ3) is 3.24. The normalized spacial score (nSPS) is 11.5. The number of aryl methyl sites for hydroxylation is 2. The predicted octanol–water partition coefficient (Wildman–Crippen LogP) is 4.48. The van der Waals surface area contributed by atoms with Crippen molar-refractivity contribution in [2.75, 3.05) is 5.73 Å². The minimum absolute atomic E-state index is 0.583. The number of imidazole rings is 1. The maximum Gasteiger partial charge on any atom is 0.114 e. The number of hydrogen-bond donors (Lipinski definition) is 1. The lowest BCUT2D eigenvalue weighted by Gasteiger charge is -2.12. The first kappa shape index (κ1) is 15.6. The van der Waals surface area contributed by atoms with Gasteiger partial charge in [-0.25, -0.2) is 4.98 Å². The third-order valence-corrected chi connectivity index (χ3v) is 4.33. The molecule has 0 fully saturated rings. The Kier molecular flexibility index (Phi) is 4.12. The summed E-state index contributed by atoms with van der Waals surface area (Å²) in [6, 6.07) is 12.6. The molecule has 0 atom stereocenters. The predicted molar refractivity (Wildman–Crippen MR) is 97.7 cm³/mol. The zero-order valence-electron chi connectivity index (χ0n) is 14.4. The van der Waals surface area contributed by atoms with Gasteiger partial charge in [0.1, 0.15) is 5.82 Å². The monoisotopic (exact) mass is 307 g/mol. The Morgan fingerprint density at radius 1 is 1.04 bits per heavy atom. The van der Waals surface area contributed by atoms with Gasteiger partial charge >= 0.3 is 0 Å². The quantitative estimate of drug-likeness (QED) is 0.722. The van der Waals surface area contributed by atoms with E-state index in [0.717, 1.165) is 30.0 Å². The van der Waals surface area contributed by atoms with E-state index in [4.69, 9.17) is 10.7 Å². The number of benzene rings is 2. The highest BCUT2D eigenvalue weighted by molar-refractivity contribution is 5.78. The molecule has 0 unspecified atom stereocenters. The highest BCUT2D eigenvalue weighted by Gasteiger charge is 2.13. The first-order valence-corrected chi connectivity index (χ1v) is 8.25. The highest BCUT2D eigenvalue weighted by Crippen LogP contribution is 2.23. The number of nitrogen functional groups attached to an aromatic ring is 1. The fourth-order valence-corrected chi connectivity index (χ4v) is 2.95. The second kappa shape index (κ2) is 6.07. The second-order valence-electron chi connectivity index (χ2n) is 6.88. The molecule has 1 aromatic heterocycles. The third-order valence-electron chi connectivity index (χ3n) is 4.33. The van der Waals surface area contributed by atoms with E-state index in [1.54, 1.807) is 0 Å². The van der Waals surface area contributed by atoms with Gasteiger partial charge in [0.15, 0.2) is 0 Å². The SMILES string of the molecule is Cc1cc2nc(Cc3ccc(N)cc3)n(CC(C)C)c2cc1C. The van der Waals surface area contributed by atoms with Crippen molar-refractivity contribution in [1.82, 2.24) is 9.55 Å². The molecule has 0 saturated heterocycles. The van der Waals surface area contributed by atoms with Gasteiger partial charge in [0.25, 0.3) is 0 Å². The minimum atomic E-state index is 0.583. The van der Waals surface area contributed by atoms with E-state index in [9.17, 15) is 0 Å². The van der Waals surface area contributed by atoms with E-state index in [0.29, 0.717) is 5.92 Å². The molecule has 2 N–H and O–H groups in total. The molecular weight excluding hydrogens is 282 g/mol. The average Bonchev–Trinajstić information content (AvgIpc) is 2.79. The number of anilines is 1. The summed E-state index contributed by atoms with van der Waals surface area (Å²) in [7, 11) is 0. The number of rotatable bonds is 4. The summed E-state index contributed by atoms with van der Waals surface area (Å²) >= 11 is 0. The zero-order chi connectivity index (χ0) is 16.6. The molecule has 3 nitrogen and oxygen atoms in total. The van der Waals surface area contributed by atoms with Gasteiger partial charge in [-0.05, 0) is 60.7 Å². The lowest BCUT2D eigenvalue weighted by atomic mass is 10.1. The number of fused-ring (bicyclic) bond motifs is 1. The Morgan fingerprint density at radius 3 is 2.35 bits per heavy atom. The molecule has 3 heteroatoms. The van der Waals surface area contributed by atoms with Gasteiger partial charge in [-0.1, -0.05) is 26.0 Å². The van der Waals surface area contributed by atoms with E-state index >= 15 is 0 Å². The van der Waals surface area contributed by atoms with Crippen LogP contribution in [0.5, 0.6) is 0 Å². The van der Waals surface area contributed by atoms with Crippen molar-refractivity contribution in [2.45, 2.75) is 40.7 Å². The standard InChI is InChI=1S/C20H25N3/c1-13(2)12-23-19-10-15(4)14(3)9-18(19)22-20(23)11-16-5-7-17(21)8-6-16/h5-10,13H,11-12,21H2,1-4H3. The molecule has 2 aromatic carbocycles. The summed E-state index contributed by atoms with van der Waals surface area (Å²) in [6.45, 7) is 9.81. The maximum atomic E-state index is 5.79. The van der Waals surface area contributed by atoms with E-state index in [1.165, 1.54) is 22.2 Å². The first-order valence-electron chi connectivity index (χ1n) is 8.25. The summed E-state index contributed by atoms with van der Waals surface area (Å²) in [5.74, 6) is 1.71. The Balaban J connectivity index is 2.08. The molecule has 0 bridgehead atoms. The molecule has 3 rings (SSSR count). The van der Waals surface area contributed by atoms with Crippen LogP contribution >= 0.6 is 0 Å². The number of nitrogens with two attached hydrogens (primary N) is 1. The summed E-state index contributed by atoms with van der Waals surface area (Å²) < 4.78 is 2.38. The lowest BCUT2D eigenvalue weighted by Crippen LogP contribution is -2.09. The van der Waals surface area contributed by atoms with Crippen LogP contribution in [0.3, 0.4) is 0 Å². The first-order chi connectivity index (χ1) is 10.9. The van der Waals surface area contributed by atoms with Crippen LogP contribution in [0.2, 0.25) is 0 Å². The molecule has 23 heavy (non-hydrogen) atoms. The Labute approximate surface area is 138 Å². The summed E-state index contributed by atoms with van der Waals surface area (Å²) in [5.41, 5.74) is 12.8. The topological polar surface area (TPSA) is 43.8 Å². The number of hydrogen-bond acceptors (Lipinski definition) is 2. The molecule has 0 amide bonds. The smallest absolute Gasteiger partial charge is 0.114 e. The van der Waals surface area contributed by atoms with Gasteiger partial charge in [0, 0.05) is 18.7 Å². The van der Waals surface area contributed by atoms with Crippen LogP contribution in [0, 0.1) is 19.8 Å². The molecule has 3 aromatic rings. The fourth-order valence-electron chi connectivity index (χ4n) is 2.95. The summed E-state index contributed by atoms with van der Waals surface area (Å²) in [5, 5.41) is 0. The van der Waals surface area contributed by atoms with Crippen molar-refractivity contribution in [1.29, 1.82) is 0 Å². The van der Waals surface area contributed by atoms with Crippen LogP contribution in [0.1, 0.15) is 36.4 Å². The van der Waals surface area contributed by atoms with Crippen LogP contribution in [-0.2, 0) is 13.0 Å². The summed E-state index contributed by atoms with van der Waals surface area (Å²) in [4.78, 5) is 4.92. The summed E-state index contributed by atoms with van der Waals surface area (Å²) in [6.07, 6.45) is 0.833. The number of aromatic nitrogens is 2. The van der Waals surface area contributed by atoms with Gasteiger partial charge < -0.3 is 10.3 Å². The molecule has 120 valence electrons. The molecule has 1 heterocycles. The minimum Gasteiger partial charge on any atom is -0.399 e. The Bertz CT molecular complexity index is 826. The van der Waals surface area contributed by atoms with Crippen molar-refractivity contribution in [2.24, 2.45) is 5.92 Å². The average molecular weight is 307 g/mol. The molecule has 0 aliphatic rings. The van der Waals surface area contributed by atoms with Crippen molar-refractivity contribution in [3.05, 3.63) is 58.9 Å². The van der Waals surface area contributed by atoms with Crippen LogP contribution < -0.4 is 5.73 Å². The Hall–Kier alpha value is -2.29. The lowest BCUT2D eigenvalue weighted by molar-refractivity contribution is 0.520. The van der Waals surface area contributed by atoms with Crippen LogP contribution in [0.25, 0.3) is 11.0 Å². The van der Waals surface area contributed by atoms with Gasteiger partial charge in [0.2, 0.25) is 0 Å². The second-order valence-corrected chi connectivity index (χ2v) is 6.88. The van der Waals surface area contributed by atoms with E-state index in [2.05, 4.69) is 56.5 Å². The molecule has 0 saturated carbocycles.